The second-order valence-electron chi connectivity index (χ2n) is 3.24. The third-order valence-corrected chi connectivity index (χ3v) is 2.54. The van der Waals surface area contributed by atoms with Crippen molar-refractivity contribution in [1.29, 1.82) is 0 Å². The average Bonchev–Trinajstić information content (AvgIpc) is 2.22. The summed E-state index contributed by atoms with van der Waals surface area (Å²) >= 11 is 3.27. The number of carbonyl (C=O) groups is 1. The SMILES string of the molecule is CCCCCC(=O)Oc1ccncc1Br. The van der Waals surface area contributed by atoms with Crippen LogP contribution in [0.25, 0.3) is 0 Å². The van der Waals surface area contributed by atoms with Gasteiger partial charge in [-0.25, -0.2) is 0 Å². The Hall–Kier alpha value is -0.900. The highest BCUT2D eigenvalue weighted by molar-refractivity contribution is 9.10. The van der Waals surface area contributed by atoms with Gasteiger partial charge in [0, 0.05) is 24.9 Å². The van der Waals surface area contributed by atoms with Gasteiger partial charge in [0.1, 0.15) is 5.75 Å². The van der Waals surface area contributed by atoms with Gasteiger partial charge < -0.3 is 4.74 Å². The van der Waals surface area contributed by atoms with Gasteiger partial charge in [0.15, 0.2) is 0 Å². The van der Waals surface area contributed by atoms with Gasteiger partial charge in [0.05, 0.1) is 4.47 Å². The van der Waals surface area contributed by atoms with Crippen molar-refractivity contribution in [3.63, 3.8) is 0 Å². The van der Waals surface area contributed by atoms with E-state index in [2.05, 4.69) is 27.8 Å². The summed E-state index contributed by atoms with van der Waals surface area (Å²) in [7, 11) is 0. The van der Waals surface area contributed by atoms with Crippen LogP contribution in [-0.2, 0) is 4.79 Å². The minimum absolute atomic E-state index is 0.185. The number of unbranched alkanes of at least 4 members (excludes halogenated alkanes) is 2. The third-order valence-electron chi connectivity index (χ3n) is 1.94. The molecule has 0 saturated heterocycles. The second kappa shape index (κ2) is 6.56. The van der Waals surface area contributed by atoms with Crippen LogP contribution in [0.15, 0.2) is 22.9 Å². The zero-order valence-corrected chi connectivity index (χ0v) is 10.3. The van der Waals surface area contributed by atoms with Gasteiger partial charge in [-0.15, -0.1) is 0 Å². The van der Waals surface area contributed by atoms with E-state index in [1.54, 1.807) is 18.5 Å². The Morgan fingerprint density at radius 2 is 2.33 bits per heavy atom. The predicted octanol–water partition coefficient (Wildman–Crippen LogP) is 3.33. The molecule has 82 valence electrons. The van der Waals surface area contributed by atoms with Gasteiger partial charge in [0.2, 0.25) is 0 Å². The summed E-state index contributed by atoms with van der Waals surface area (Å²) in [6.45, 7) is 2.10. The molecule has 1 rings (SSSR count). The van der Waals surface area contributed by atoms with Crippen molar-refractivity contribution in [3.8, 4) is 5.75 Å². The lowest BCUT2D eigenvalue weighted by Crippen LogP contribution is -2.07. The Morgan fingerprint density at radius 1 is 1.53 bits per heavy atom. The first-order valence-electron chi connectivity index (χ1n) is 5.04. The van der Waals surface area contributed by atoms with Gasteiger partial charge >= 0.3 is 5.97 Å². The first kappa shape index (κ1) is 12.2. The molecule has 0 bridgehead atoms. The molecule has 0 amide bonds. The molecular formula is C11H14BrNO2. The van der Waals surface area contributed by atoms with Gasteiger partial charge in [0.25, 0.3) is 0 Å². The number of halogens is 1. The molecule has 0 unspecified atom stereocenters. The second-order valence-corrected chi connectivity index (χ2v) is 4.09. The number of aromatic nitrogens is 1. The number of carbonyl (C=O) groups excluding carboxylic acids is 1. The van der Waals surface area contributed by atoms with E-state index in [0.717, 1.165) is 19.3 Å². The van der Waals surface area contributed by atoms with Crippen molar-refractivity contribution < 1.29 is 9.53 Å². The molecule has 0 spiro atoms. The van der Waals surface area contributed by atoms with E-state index in [1.165, 1.54) is 0 Å². The lowest BCUT2D eigenvalue weighted by atomic mass is 10.2. The van der Waals surface area contributed by atoms with Crippen LogP contribution in [0.1, 0.15) is 32.6 Å². The number of ether oxygens (including phenoxy) is 1. The van der Waals surface area contributed by atoms with Gasteiger partial charge in [-0.05, 0) is 22.4 Å². The molecule has 0 radical (unpaired) electrons. The lowest BCUT2D eigenvalue weighted by Gasteiger charge is -2.04. The standard InChI is InChI=1S/C11H14BrNO2/c1-2-3-4-5-11(14)15-10-6-7-13-8-9(10)12/h6-8H,2-5H2,1H3. The molecule has 0 aliphatic carbocycles. The van der Waals surface area contributed by atoms with Gasteiger partial charge in [-0.1, -0.05) is 19.8 Å². The monoisotopic (exact) mass is 271 g/mol. The summed E-state index contributed by atoms with van der Waals surface area (Å²) < 4.78 is 5.87. The van der Waals surface area contributed by atoms with Gasteiger partial charge in [-0.3, -0.25) is 9.78 Å². The van der Waals surface area contributed by atoms with Crippen LogP contribution in [0.4, 0.5) is 0 Å². The summed E-state index contributed by atoms with van der Waals surface area (Å²) in [6, 6.07) is 1.67. The normalized spacial score (nSPS) is 10.0. The fourth-order valence-corrected chi connectivity index (χ4v) is 1.47. The Bertz CT molecular complexity index is 328. The highest BCUT2D eigenvalue weighted by Gasteiger charge is 2.06. The maximum absolute atomic E-state index is 11.4. The lowest BCUT2D eigenvalue weighted by molar-refractivity contribution is -0.134. The summed E-state index contributed by atoms with van der Waals surface area (Å²) in [6.07, 6.45) is 6.73. The summed E-state index contributed by atoms with van der Waals surface area (Å²) in [5, 5.41) is 0. The zero-order chi connectivity index (χ0) is 11.1. The zero-order valence-electron chi connectivity index (χ0n) is 8.70. The molecule has 3 nitrogen and oxygen atoms in total. The Labute approximate surface area is 98.0 Å². The van der Waals surface area contributed by atoms with Crippen LogP contribution in [0.2, 0.25) is 0 Å². The van der Waals surface area contributed by atoms with E-state index >= 15 is 0 Å². The number of rotatable bonds is 5. The molecule has 1 aromatic heterocycles. The van der Waals surface area contributed by atoms with Crippen LogP contribution in [0.5, 0.6) is 5.75 Å². The van der Waals surface area contributed by atoms with Crippen LogP contribution >= 0.6 is 15.9 Å². The maximum atomic E-state index is 11.4. The summed E-state index contributed by atoms with van der Waals surface area (Å²) in [5.41, 5.74) is 0. The van der Waals surface area contributed by atoms with Crippen molar-refractivity contribution in [1.82, 2.24) is 4.98 Å². The summed E-state index contributed by atoms with van der Waals surface area (Å²) in [4.78, 5) is 15.3. The molecule has 4 heteroatoms. The maximum Gasteiger partial charge on any atom is 0.311 e. The van der Waals surface area contributed by atoms with E-state index in [0.29, 0.717) is 16.6 Å². The molecule has 0 fully saturated rings. The average molecular weight is 272 g/mol. The third kappa shape index (κ3) is 4.42. The number of pyridine rings is 1. The summed E-state index contributed by atoms with van der Waals surface area (Å²) in [5.74, 6) is 0.349. The Morgan fingerprint density at radius 3 is 3.00 bits per heavy atom. The van der Waals surface area contributed by atoms with E-state index in [9.17, 15) is 4.79 Å². The van der Waals surface area contributed by atoms with Crippen molar-refractivity contribution >= 4 is 21.9 Å². The molecule has 1 aromatic rings. The van der Waals surface area contributed by atoms with E-state index < -0.39 is 0 Å². The molecule has 0 aromatic carbocycles. The molecule has 15 heavy (non-hydrogen) atoms. The molecule has 0 aliphatic heterocycles. The predicted molar refractivity (Wildman–Crippen MR) is 61.7 cm³/mol. The van der Waals surface area contributed by atoms with Crippen molar-refractivity contribution in [2.24, 2.45) is 0 Å². The van der Waals surface area contributed by atoms with E-state index in [-0.39, 0.29) is 5.97 Å². The van der Waals surface area contributed by atoms with Crippen molar-refractivity contribution in [3.05, 3.63) is 22.9 Å². The minimum Gasteiger partial charge on any atom is -0.425 e. The largest absolute Gasteiger partial charge is 0.425 e. The smallest absolute Gasteiger partial charge is 0.311 e. The van der Waals surface area contributed by atoms with E-state index in [4.69, 9.17) is 4.74 Å². The first-order valence-corrected chi connectivity index (χ1v) is 5.83. The number of hydrogen-bond donors (Lipinski definition) is 0. The fraction of sp³-hybridized carbons (Fsp3) is 0.455. The topological polar surface area (TPSA) is 39.2 Å². The Kier molecular flexibility index (Phi) is 5.32. The molecule has 0 N–H and O–H groups in total. The number of hydrogen-bond acceptors (Lipinski definition) is 3. The highest BCUT2D eigenvalue weighted by Crippen LogP contribution is 2.23. The highest BCUT2D eigenvalue weighted by atomic mass is 79.9. The van der Waals surface area contributed by atoms with Gasteiger partial charge in [-0.2, -0.15) is 0 Å². The molecule has 0 atom stereocenters. The van der Waals surface area contributed by atoms with Crippen molar-refractivity contribution in [2.75, 3.05) is 0 Å². The fourth-order valence-electron chi connectivity index (χ4n) is 1.14. The number of nitrogens with zero attached hydrogens (tertiary/aromatic N) is 1. The molecule has 0 saturated carbocycles. The van der Waals surface area contributed by atoms with Crippen LogP contribution in [-0.4, -0.2) is 11.0 Å². The number of esters is 1. The Balaban J connectivity index is 2.41. The quantitative estimate of drug-likeness (QED) is 0.609. The van der Waals surface area contributed by atoms with Crippen LogP contribution in [0.3, 0.4) is 0 Å². The first-order chi connectivity index (χ1) is 7.24. The van der Waals surface area contributed by atoms with Crippen LogP contribution in [0, 0.1) is 0 Å². The minimum atomic E-state index is -0.185. The molecular weight excluding hydrogens is 258 g/mol. The molecule has 0 aliphatic rings. The van der Waals surface area contributed by atoms with Crippen LogP contribution < -0.4 is 4.74 Å². The molecule has 1 heterocycles. The van der Waals surface area contributed by atoms with E-state index in [1.807, 2.05) is 0 Å². The van der Waals surface area contributed by atoms with Crippen molar-refractivity contribution in [2.45, 2.75) is 32.6 Å².